The van der Waals surface area contributed by atoms with Crippen molar-refractivity contribution >= 4 is 27.5 Å². The Morgan fingerprint density at radius 1 is 1.18 bits per heavy atom. The zero-order chi connectivity index (χ0) is 23.3. The van der Waals surface area contributed by atoms with Crippen molar-refractivity contribution in [1.29, 1.82) is 0 Å². The quantitative estimate of drug-likeness (QED) is 0.341. The van der Waals surface area contributed by atoms with E-state index >= 15 is 0 Å². The van der Waals surface area contributed by atoms with Crippen LogP contribution in [0.25, 0.3) is 11.4 Å². The smallest absolute Gasteiger partial charge is 0.233 e. The van der Waals surface area contributed by atoms with E-state index in [1.54, 1.807) is 23.4 Å². The number of sulfone groups is 1. The van der Waals surface area contributed by atoms with Crippen LogP contribution in [-0.4, -0.2) is 62.3 Å². The van der Waals surface area contributed by atoms with E-state index in [0.29, 0.717) is 30.5 Å². The summed E-state index contributed by atoms with van der Waals surface area (Å²) in [6.45, 7) is 4.69. The van der Waals surface area contributed by atoms with Gasteiger partial charge in [-0.3, -0.25) is 14.3 Å². The van der Waals surface area contributed by atoms with Crippen LogP contribution in [0.15, 0.2) is 72.7 Å². The first-order chi connectivity index (χ1) is 16.0. The van der Waals surface area contributed by atoms with Crippen LogP contribution < -0.4 is 0 Å². The van der Waals surface area contributed by atoms with Crippen molar-refractivity contribution < 1.29 is 13.2 Å². The fourth-order valence-electron chi connectivity index (χ4n) is 3.84. The molecule has 8 nitrogen and oxygen atoms in total. The Balaban J connectivity index is 1.52. The molecular weight excluding hydrogens is 458 g/mol. The molecule has 0 N–H and O–H groups in total. The molecule has 1 saturated heterocycles. The van der Waals surface area contributed by atoms with Gasteiger partial charge < -0.3 is 4.90 Å². The SMILES string of the molecule is C=CCn1c(SCC(=O)N(Cc2ccccc2)[C@@H]2CCS(=O)(=O)C2)nnc1-c1ccncc1. The topological polar surface area (TPSA) is 98.1 Å². The Labute approximate surface area is 197 Å². The number of pyridine rings is 1. The van der Waals surface area contributed by atoms with Crippen LogP contribution in [0.1, 0.15) is 12.0 Å². The summed E-state index contributed by atoms with van der Waals surface area (Å²) in [6, 6.07) is 13.0. The lowest BCUT2D eigenvalue weighted by Gasteiger charge is -2.28. The molecule has 1 aliphatic heterocycles. The molecule has 2 aromatic heterocycles. The zero-order valence-corrected chi connectivity index (χ0v) is 19.7. The lowest BCUT2D eigenvalue weighted by Crippen LogP contribution is -2.41. The molecular formula is C23H25N5O3S2. The number of hydrogen-bond acceptors (Lipinski definition) is 7. The summed E-state index contributed by atoms with van der Waals surface area (Å²) in [5, 5.41) is 9.20. The Bertz CT molecular complexity index is 1210. The number of hydrogen-bond donors (Lipinski definition) is 0. The van der Waals surface area contributed by atoms with Gasteiger partial charge in [0, 0.05) is 37.1 Å². The van der Waals surface area contributed by atoms with Crippen molar-refractivity contribution in [3.8, 4) is 11.4 Å². The highest BCUT2D eigenvalue weighted by atomic mass is 32.2. The van der Waals surface area contributed by atoms with Crippen LogP contribution >= 0.6 is 11.8 Å². The second kappa shape index (κ2) is 10.3. The molecule has 1 aromatic carbocycles. The normalized spacial score (nSPS) is 17.0. The van der Waals surface area contributed by atoms with Crippen LogP contribution in [0.5, 0.6) is 0 Å². The van der Waals surface area contributed by atoms with E-state index in [1.165, 1.54) is 11.8 Å². The van der Waals surface area contributed by atoms with Crippen molar-refractivity contribution in [3.63, 3.8) is 0 Å². The summed E-state index contributed by atoms with van der Waals surface area (Å²) in [6.07, 6.45) is 5.60. The molecule has 3 aromatic rings. The molecule has 1 fully saturated rings. The third kappa shape index (κ3) is 5.69. The fourth-order valence-corrected chi connectivity index (χ4v) is 6.40. The number of carbonyl (C=O) groups is 1. The molecule has 0 bridgehead atoms. The van der Waals surface area contributed by atoms with Crippen molar-refractivity contribution in [2.45, 2.75) is 30.7 Å². The van der Waals surface area contributed by atoms with Gasteiger partial charge in [0.15, 0.2) is 20.8 Å². The van der Waals surface area contributed by atoms with E-state index < -0.39 is 9.84 Å². The van der Waals surface area contributed by atoms with Crippen molar-refractivity contribution in [1.82, 2.24) is 24.6 Å². The van der Waals surface area contributed by atoms with Crippen LogP contribution in [0.3, 0.4) is 0 Å². The highest BCUT2D eigenvalue weighted by Crippen LogP contribution is 2.26. The third-order valence-electron chi connectivity index (χ3n) is 5.46. The minimum Gasteiger partial charge on any atom is -0.334 e. The molecule has 1 aliphatic rings. The standard InChI is InChI=1S/C23H25N5O3S2/c1-2-13-27-22(19-8-11-24-12-9-19)25-26-23(27)32-16-21(29)28(15-18-6-4-3-5-7-18)20-10-14-33(30,31)17-20/h2-9,11-12,20H,1,10,13-17H2/t20-/m1/s1. The summed E-state index contributed by atoms with van der Waals surface area (Å²) < 4.78 is 26.1. The number of carbonyl (C=O) groups excluding carboxylic acids is 1. The van der Waals surface area contributed by atoms with E-state index in [9.17, 15) is 13.2 Å². The molecule has 0 radical (unpaired) electrons. The maximum Gasteiger partial charge on any atom is 0.233 e. The molecule has 10 heteroatoms. The van der Waals surface area contributed by atoms with Gasteiger partial charge in [0.05, 0.1) is 17.3 Å². The third-order valence-corrected chi connectivity index (χ3v) is 8.16. The lowest BCUT2D eigenvalue weighted by molar-refractivity contribution is -0.130. The molecule has 0 aliphatic carbocycles. The largest absolute Gasteiger partial charge is 0.334 e. The summed E-state index contributed by atoms with van der Waals surface area (Å²) in [4.78, 5) is 19.0. The van der Waals surface area contributed by atoms with Crippen LogP contribution in [-0.2, 0) is 27.7 Å². The van der Waals surface area contributed by atoms with Gasteiger partial charge in [-0.25, -0.2) is 8.42 Å². The minimum absolute atomic E-state index is 0.00901. The number of thioether (sulfide) groups is 1. The second-order valence-corrected chi connectivity index (χ2v) is 11.0. The van der Waals surface area contributed by atoms with E-state index in [-0.39, 0.29) is 29.2 Å². The van der Waals surface area contributed by atoms with E-state index in [2.05, 4.69) is 21.8 Å². The van der Waals surface area contributed by atoms with E-state index in [1.807, 2.05) is 47.0 Å². The lowest BCUT2D eigenvalue weighted by atomic mass is 10.1. The van der Waals surface area contributed by atoms with Crippen LogP contribution in [0, 0.1) is 0 Å². The first kappa shape index (κ1) is 23.2. The van der Waals surface area contributed by atoms with Crippen molar-refractivity contribution in [2.24, 2.45) is 0 Å². The van der Waals surface area contributed by atoms with Crippen molar-refractivity contribution in [3.05, 3.63) is 73.1 Å². The average molecular weight is 484 g/mol. The highest BCUT2D eigenvalue weighted by Gasteiger charge is 2.34. The molecule has 0 unspecified atom stereocenters. The van der Waals surface area contributed by atoms with Gasteiger partial charge in [-0.15, -0.1) is 16.8 Å². The first-order valence-electron chi connectivity index (χ1n) is 10.6. The minimum atomic E-state index is -3.12. The van der Waals surface area contributed by atoms with E-state index in [4.69, 9.17) is 0 Å². The maximum absolute atomic E-state index is 13.3. The first-order valence-corrected chi connectivity index (χ1v) is 13.4. The van der Waals surface area contributed by atoms with E-state index in [0.717, 1.165) is 11.1 Å². The predicted molar refractivity (Wildman–Crippen MR) is 128 cm³/mol. The number of allylic oxidation sites excluding steroid dienone is 1. The number of nitrogens with zero attached hydrogens (tertiary/aromatic N) is 5. The van der Waals surface area contributed by atoms with Gasteiger partial charge in [-0.05, 0) is 24.1 Å². The van der Waals surface area contributed by atoms with Gasteiger partial charge in [-0.2, -0.15) is 0 Å². The molecule has 33 heavy (non-hydrogen) atoms. The number of benzene rings is 1. The number of aromatic nitrogens is 4. The summed E-state index contributed by atoms with van der Waals surface area (Å²) >= 11 is 1.29. The van der Waals surface area contributed by atoms with Gasteiger partial charge in [-0.1, -0.05) is 48.2 Å². The zero-order valence-electron chi connectivity index (χ0n) is 18.1. The highest BCUT2D eigenvalue weighted by molar-refractivity contribution is 7.99. The number of rotatable bonds is 9. The molecule has 4 rings (SSSR count). The molecule has 3 heterocycles. The Kier molecular flexibility index (Phi) is 7.24. The monoisotopic (exact) mass is 483 g/mol. The molecule has 1 amide bonds. The van der Waals surface area contributed by atoms with Gasteiger partial charge >= 0.3 is 0 Å². The second-order valence-electron chi connectivity index (χ2n) is 7.79. The molecule has 172 valence electrons. The molecule has 0 spiro atoms. The maximum atomic E-state index is 13.3. The Morgan fingerprint density at radius 3 is 2.61 bits per heavy atom. The summed E-state index contributed by atoms with van der Waals surface area (Å²) in [7, 11) is -3.12. The van der Waals surface area contributed by atoms with Gasteiger partial charge in [0.1, 0.15) is 0 Å². The molecule has 1 atom stereocenters. The number of amides is 1. The Morgan fingerprint density at radius 2 is 1.94 bits per heavy atom. The summed E-state index contributed by atoms with van der Waals surface area (Å²) in [5.74, 6) is 0.816. The van der Waals surface area contributed by atoms with Crippen LogP contribution in [0.2, 0.25) is 0 Å². The van der Waals surface area contributed by atoms with Gasteiger partial charge in [0.2, 0.25) is 5.91 Å². The van der Waals surface area contributed by atoms with Crippen LogP contribution in [0.4, 0.5) is 0 Å². The fraction of sp³-hybridized carbons (Fsp3) is 0.304. The molecule has 0 saturated carbocycles. The van der Waals surface area contributed by atoms with Gasteiger partial charge in [0.25, 0.3) is 0 Å². The Hall–Kier alpha value is -2.98. The summed E-state index contributed by atoms with van der Waals surface area (Å²) in [5.41, 5.74) is 1.84. The predicted octanol–water partition coefficient (Wildman–Crippen LogP) is 2.83. The van der Waals surface area contributed by atoms with Crippen molar-refractivity contribution in [2.75, 3.05) is 17.3 Å². The average Bonchev–Trinajstić information content (AvgIpc) is 3.40.